The number of nitrogens with zero attached hydrogens (tertiary/aromatic N) is 2. The number of hydrogen-bond acceptors (Lipinski definition) is 5. The monoisotopic (exact) mass is 270 g/mol. The van der Waals surface area contributed by atoms with Crippen molar-refractivity contribution in [1.29, 1.82) is 0 Å². The molecule has 0 bridgehead atoms. The molecular weight excluding hydrogens is 264 g/mol. The first kappa shape index (κ1) is 11.8. The molecule has 2 rings (SSSR count). The Hall–Kier alpha value is -1.66. The van der Waals surface area contributed by atoms with Gasteiger partial charge in [0.2, 0.25) is 0 Å². The van der Waals surface area contributed by atoms with Crippen LogP contribution in [0, 0.1) is 10.1 Å². The van der Waals surface area contributed by atoms with E-state index in [0.717, 1.165) is 5.69 Å². The first-order valence-corrected chi connectivity index (χ1v) is 5.92. The quantitative estimate of drug-likeness (QED) is 0.632. The maximum Gasteiger partial charge on any atom is 0.271 e. The number of ether oxygens (including phenoxy) is 1. The fourth-order valence-corrected chi connectivity index (χ4v) is 1.95. The fourth-order valence-electron chi connectivity index (χ4n) is 1.18. The summed E-state index contributed by atoms with van der Waals surface area (Å²) < 4.78 is 5.41. The van der Waals surface area contributed by atoms with Gasteiger partial charge in [-0.15, -0.1) is 11.3 Å². The summed E-state index contributed by atoms with van der Waals surface area (Å²) in [6.07, 6.45) is 0. The summed E-state index contributed by atoms with van der Waals surface area (Å²) in [6.45, 7) is 0.293. The lowest BCUT2D eigenvalue weighted by Crippen LogP contribution is -1.96. The number of halogens is 1. The van der Waals surface area contributed by atoms with E-state index in [1.165, 1.54) is 29.5 Å². The van der Waals surface area contributed by atoms with Gasteiger partial charge < -0.3 is 4.74 Å². The Kier molecular flexibility index (Phi) is 3.55. The number of benzene rings is 1. The molecule has 0 radical (unpaired) electrons. The van der Waals surface area contributed by atoms with Crippen LogP contribution in [0.5, 0.6) is 5.75 Å². The van der Waals surface area contributed by atoms with E-state index in [1.807, 2.05) is 5.38 Å². The van der Waals surface area contributed by atoms with Gasteiger partial charge in [0.15, 0.2) is 0 Å². The van der Waals surface area contributed by atoms with Gasteiger partial charge in [-0.2, -0.15) is 0 Å². The van der Waals surface area contributed by atoms with Crippen molar-refractivity contribution in [2.75, 3.05) is 0 Å². The molecule has 2 aromatic rings. The minimum atomic E-state index is -0.504. The molecule has 0 spiro atoms. The molecule has 5 nitrogen and oxygen atoms in total. The molecule has 0 fully saturated rings. The second-order valence-electron chi connectivity index (χ2n) is 3.14. The first-order valence-electron chi connectivity index (χ1n) is 4.60. The molecule has 1 aromatic carbocycles. The van der Waals surface area contributed by atoms with Crippen LogP contribution in [0.2, 0.25) is 5.02 Å². The number of hydrogen-bond donors (Lipinski definition) is 0. The summed E-state index contributed by atoms with van der Waals surface area (Å²) in [7, 11) is 0. The lowest BCUT2D eigenvalue weighted by atomic mass is 10.3. The average Bonchev–Trinajstić information content (AvgIpc) is 2.80. The Labute approximate surface area is 106 Å². The molecule has 1 aromatic heterocycles. The summed E-state index contributed by atoms with van der Waals surface area (Å²) >= 11 is 7.34. The zero-order valence-electron chi connectivity index (χ0n) is 8.50. The van der Waals surface area contributed by atoms with E-state index in [2.05, 4.69) is 4.98 Å². The van der Waals surface area contributed by atoms with Crippen LogP contribution in [0.1, 0.15) is 5.69 Å². The maximum absolute atomic E-state index is 10.5. The molecule has 0 N–H and O–H groups in total. The van der Waals surface area contributed by atoms with Crippen LogP contribution in [-0.4, -0.2) is 9.91 Å². The number of nitro benzene ring substituents is 1. The van der Waals surface area contributed by atoms with E-state index in [9.17, 15) is 10.1 Å². The van der Waals surface area contributed by atoms with Crippen molar-refractivity contribution in [3.8, 4) is 5.75 Å². The second kappa shape index (κ2) is 5.11. The molecule has 0 saturated heterocycles. The van der Waals surface area contributed by atoms with Crippen LogP contribution >= 0.6 is 22.9 Å². The number of rotatable bonds is 4. The maximum atomic E-state index is 10.5. The molecule has 17 heavy (non-hydrogen) atoms. The molecule has 0 aliphatic carbocycles. The predicted octanol–water partition coefficient (Wildman–Crippen LogP) is 3.28. The Morgan fingerprint density at radius 2 is 2.35 bits per heavy atom. The lowest BCUT2D eigenvalue weighted by molar-refractivity contribution is -0.384. The van der Waals surface area contributed by atoms with Crippen LogP contribution in [0.15, 0.2) is 29.1 Å². The molecule has 88 valence electrons. The average molecular weight is 271 g/mol. The molecule has 0 saturated carbocycles. The van der Waals surface area contributed by atoms with Crippen molar-refractivity contribution in [3.05, 3.63) is 49.9 Å². The summed E-state index contributed by atoms with van der Waals surface area (Å²) in [5, 5.41) is 12.6. The summed E-state index contributed by atoms with van der Waals surface area (Å²) in [6, 6.07) is 4.09. The lowest BCUT2D eigenvalue weighted by Gasteiger charge is -2.05. The van der Waals surface area contributed by atoms with Gasteiger partial charge in [0.25, 0.3) is 5.69 Å². The van der Waals surface area contributed by atoms with Crippen LogP contribution in [0.25, 0.3) is 0 Å². The molecule has 0 aliphatic rings. The number of nitro groups is 1. The number of aromatic nitrogens is 1. The topological polar surface area (TPSA) is 65.3 Å². The third kappa shape index (κ3) is 2.92. The summed E-state index contributed by atoms with van der Waals surface area (Å²) in [5.41, 5.74) is 2.44. The zero-order chi connectivity index (χ0) is 12.3. The largest absolute Gasteiger partial charge is 0.486 e. The summed E-state index contributed by atoms with van der Waals surface area (Å²) in [5.74, 6) is 0.408. The smallest absolute Gasteiger partial charge is 0.271 e. The van der Waals surface area contributed by atoms with Gasteiger partial charge in [0.1, 0.15) is 12.4 Å². The van der Waals surface area contributed by atoms with Gasteiger partial charge in [0.05, 0.1) is 21.2 Å². The van der Waals surface area contributed by atoms with Gasteiger partial charge in [-0.3, -0.25) is 10.1 Å². The van der Waals surface area contributed by atoms with Crippen LogP contribution in [-0.2, 0) is 6.61 Å². The molecule has 7 heteroatoms. The Bertz CT molecular complexity index is 530. The highest BCUT2D eigenvalue weighted by Gasteiger charge is 2.10. The van der Waals surface area contributed by atoms with E-state index in [0.29, 0.717) is 12.4 Å². The van der Waals surface area contributed by atoms with Crippen molar-refractivity contribution >= 4 is 28.6 Å². The van der Waals surface area contributed by atoms with E-state index in [1.54, 1.807) is 5.51 Å². The van der Waals surface area contributed by atoms with Crippen LogP contribution < -0.4 is 4.74 Å². The molecule has 1 heterocycles. The SMILES string of the molecule is O=[N+]([O-])c1ccc(OCc2cscn2)c(Cl)c1. The third-order valence-electron chi connectivity index (χ3n) is 1.99. The van der Waals surface area contributed by atoms with E-state index in [4.69, 9.17) is 16.3 Å². The van der Waals surface area contributed by atoms with Gasteiger partial charge in [-0.1, -0.05) is 11.6 Å². The minimum Gasteiger partial charge on any atom is -0.486 e. The highest BCUT2D eigenvalue weighted by molar-refractivity contribution is 7.07. The Morgan fingerprint density at radius 1 is 1.53 bits per heavy atom. The number of thiazole rings is 1. The van der Waals surface area contributed by atoms with E-state index >= 15 is 0 Å². The van der Waals surface area contributed by atoms with E-state index in [-0.39, 0.29) is 10.7 Å². The summed E-state index contributed by atoms with van der Waals surface area (Å²) in [4.78, 5) is 14.1. The van der Waals surface area contributed by atoms with Crippen molar-refractivity contribution < 1.29 is 9.66 Å². The normalized spacial score (nSPS) is 10.2. The van der Waals surface area contributed by atoms with Gasteiger partial charge >= 0.3 is 0 Å². The van der Waals surface area contributed by atoms with Crippen molar-refractivity contribution in [3.63, 3.8) is 0 Å². The molecule has 0 aliphatic heterocycles. The Balaban J connectivity index is 2.09. The third-order valence-corrected chi connectivity index (χ3v) is 2.92. The predicted molar refractivity (Wildman–Crippen MR) is 64.6 cm³/mol. The molecular formula is C10H7ClN2O3S. The van der Waals surface area contributed by atoms with E-state index < -0.39 is 4.92 Å². The molecule has 0 unspecified atom stereocenters. The fraction of sp³-hybridized carbons (Fsp3) is 0.100. The second-order valence-corrected chi connectivity index (χ2v) is 4.27. The minimum absolute atomic E-state index is 0.0593. The van der Waals surface area contributed by atoms with Gasteiger partial charge in [0, 0.05) is 17.5 Å². The first-order chi connectivity index (χ1) is 8.16. The highest BCUT2D eigenvalue weighted by atomic mass is 35.5. The van der Waals surface area contributed by atoms with Crippen molar-refractivity contribution in [2.24, 2.45) is 0 Å². The van der Waals surface area contributed by atoms with Crippen molar-refractivity contribution in [1.82, 2.24) is 4.98 Å². The van der Waals surface area contributed by atoms with Crippen LogP contribution in [0.3, 0.4) is 0 Å². The van der Waals surface area contributed by atoms with Gasteiger partial charge in [-0.25, -0.2) is 4.98 Å². The number of non-ortho nitro benzene ring substituents is 1. The Morgan fingerprint density at radius 3 is 2.94 bits per heavy atom. The molecule has 0 amide bonds. The standard InChI is InChI=1S/C10H7ClN2O3S/c11-9-3-8(13(14)15)1-2-10(9)16-4-7-5-17-6-12-7/h1-3,5-6H,4H2. The van der Waals surface area contributed by atoms with Gasteiger partial charge in [-0.05, 0) is 6.07 Å². The van der Waals surface area contributed by atoms with Crippen molar-refractivity contribution in [2.45, 2.75) is 6.61 Å². The molecule has 0 atom stereocenters. The highest BCUT2D eigenvalue weighted by Crippen LogP contribution is 2.29. The zero-order valence-corrected chi connectivity index (χ0v) is 10.1. The van der Waals surface area contributed by atoms with Crippen LogP contribution in [0.4, 0.5) is 5.69 Å².